The van der Waals surface area contributed by atoms with Gasteiger partial charge in [0.2, 0.25) is 0 Å². The van der Waals surface area contributed by atoms with Crippen LogP contribution in [0.15, 0.2) is 16.7 Å². The average Bonchev–Trinajstić information content (AvgIpc) is 2.15. The molecule has 5 nitrogen and oxygen atoms in total. The number of hydrogen-bond acceptors (Lipinski definition) is 3. The minimum Gasteiger partial charge on any atom is -0.364 e. The summed E-state index contributed by atoms with van der Waals surface area (Å²) in [6, 6.07) is 1.09. The lowest BCUT2D eigenvalue weighted by Crippen LogP contribution is -2.31. The minimum atomic E-state index is -5.06. The summed E-state index contributed by atoms with van der Waals surface area (Å²) in [5, 5.41) is 1.52. The van der Waals surface area contributed by atoms with Gasteiger partial charge in [-0.15, -0.1) is 0 Å². The molecule has 92 valence electrons. The maximum absolute atomic E-state index is 12.0. The van der Waals surface area contributed by atoms with E-state index in [0.29, 0.717) is 4.47 Å². The van der Waals surface area contributed by atoms with Gasteiger partial charge in [-0.2, -0.15) is 13.2 Å². The third-order valence-corrected chi connectivity index (χ3v) is 2.03. The lowest BCUT2D eigenvalue weighted by Gasteiger charge is -2.10. The first kappa shape index (κ1) is 13.4. The number of rotatable bonds is 2. The van der Waals surface area contributed by atoms with Gasteiger partial charge in [-0.05, 0) is 22.0 Å². The normalized spacial score (nSPS) is 11.1. The molecule has 3 N–H and O–H groups in total. The van der Waals surface area contributed by atoms with Gasteiger partial charge >= 0.3 is 12.1 Å². The van der Waals surface area contributed by atoms with Crippen LogP contribution < -0.4 is 11.1 Å². The van der Waals surface area contributed by atoms with Gasteiger partial charge in [-0.3, -0.25) is 9.59 Å². The fourth-order valence-corrected chi connectivity index (χ4v) is 1.26. The van der Waals surface area contributed by atoms with Crippen molar-refractivity contribution in [2.75, 3.05) is 5.32 Å². The fraction of sp³-hybridized carbons (Fsp3) is 0.125. The zero-order valence-corrected chi connectivity index (χ0v) is 9.59. The van der Waals surface area contributed by atoms with Crippen molar-refractivity contribution >= 4 is 33.4 Å². The number of nitrogens with one attached hydrogen (secondary N) is 1. The van der Waals surface area contributed by atoms with E-state index in [1.54, 1.807) is 0 Å². The van der Waals surface area contributed by atoms with Gasteiger partial charge in [0.1, 0.15) is 0 Å². The molecule has 17 heavy (non-hydrogen) atoms. The molecule has 1 aromatic heterocycles. The molecule has 0 fully saturated rings. The van der Waals surface area contributed by atoms with Crippen LogP contribution >= 0.6 is 15.9 Å². The Morgan fingerprint density at radius 1 is 1.41 bits per heavy atom. The molecule has 0 aliphatic heterocycles. The quantitative estimate of drug-likeness (QED) is 0.866. The first-order valence-electron chi connectivity index (χ1n) is 4.05. The first-order chi connectivity index (χ1) is 7.71. The molecular formula is C8H5BrF3N3O2. The van der Waals surface area contributed by atoms with Gasteiger partial charge in [0.05, 0.1) is 5.69 Å². The third kappa shape index (κ3) is 3.41. The molecule has 0 atom stereocenters. The van der Waals surface area contributed by atoms with Crippen molar-refractivity contribution in [3.63, 3.8) is 0 Å². The summed E-state index contributed by atoms with van der Waals surface area (Å²) in [5.41, 5.74) is 4.04. The van der Waals surface area contributed by atoms with E-state index in [1.807, 2.05) is 0 Å². The molecular weight excluding hydrogens is 307 g/mol. The van der Waals surface area contributed by atoms with Crippen molar-refractivity contribution < 1.29 is 22.8 Å². The fourth-order valence-electron chi connectivity index (χ4n) is 0.924. The van der Waals surface area contributed by atoms with E-state index in [2.05, 4.69) is 20.9 Å². The molecule has 9 heteroatoms. The van der Waals surface area contributed by atoms with Crippen LogP contribution in [-0.4, -0.2) is 23.0 Å². The van der Waals surface area contributed by atoms with Crippen molar-refractivity contribution in [2.24, 2.45) is 5.73 Å². The van der Waals surface area contributed by atoms with Crippen LogP contribution in [0.5, 0.6) is 0 Å². The Balaban J connectivity index is 3.09. The standard InChI is InChI=1S/C8H5BrF3N3O2/c9-3-1-4(5(6(13)16)14-2-3)15-7(17)8(10,11)12/h1-2H,(H2,13,16)(H,15,17). The van der Waals surface area contributed by atoms with Crippen LogP contribution in [0.2, 0.25) is 0 Å². The van der Waals surface area contributed by atoms with Gasteiger partial charge in [0.25, 0.3) is 5.91 Å². The number of carbonyl (C=O) groups excluding carboxylic acids is 2. The Hall–Kier alpha value is -1.64. The van der Waals surface area contributed by atoms with E-state index in [-0.39, 0.29) is 0 Å². The molecule has 1 aromatic rings. The molecule has 1 heterocycles. The number of halogens is 4. The number of primary amides is 1. The maximum Gasteiger partial charge on any atom is 0.471 e. The lowest BCUT2D eigenvalue weighted by atomic mass is 10.3. The number of anilines is 1. The van der Waals surface area contributed by atoms with E-state index in [9.17, 15) is 22.8 Å². The van der Waals surface area contributed by atoms with E-state index in [1.165, 1.54) is 11.5 Å². The second-order valence-corrected chi connectivity index (χ2v) is 3.78. The Labute approximate surface area is 101 Å². The Morgan fingerprint density at radius 3 is 2.47 bits per heavy atom. The molecule has 0 saturated carbocycles. The predicted molar refractivity (Wildman–Crippen MR) is 55.1 cm³/mol. The van der Waals surface area contributed by atoms with Crippen molar-refractivity contribution in [2.45, 2.75) is 6.18 Å². The number of nitrogens with zero attached hydrogens (tertiary/aromatic N) is 1. The monoisotopic (exact) mass is 311 g/mol. The third-order valence-electron chi connectivity index (χ3n) is 1.59. The molecule has 0 saturated heterocycles. The zero-order chi connectivity index (χ0) is 13.2. The smallest absolute Gasteiger partial charge is 0.364 e. The SMILES string of the molecule is NC(=O)c1ncc(Br)cc1NC(=O)C(F)(F)F. The molecule has 2 amide bonds. The highest BCUT2D eigenvalue weighted by molar-refractivity contribution is 9.10. The van der Waals surface area contributed by atoms with E-state index >= 15 is 0 Å². The number of alkyl halides is 3. The average molecular weight is 312 g/mol. The summed E-state index contributed by atoms with van der Waals surface area (Å²) < 4.78 is 36.3. The number of nitrogens with two attached hydrogens (primary N) is 1. The summed E-state index contributed by atoms with van der Waals surface area (Å²) >= 11 is 2.94. The molecule has 0 unspecified atom stereocenters. The van der Waals surface area contributed by atoms with Crippen LogP contribution in [0.3, 0.4) is 0 Å². The van der Waals surface area contributed by atoms with Gasteiger partial charge in [-0.25, -0.2) is 4.98 Å². The molecule has 0 aromatic carbocycles. The highest BCUT2D eigenvalue weighted by Crippen LogP contribution is 2.22. The summed E-state index contributed by atoms with van der Waals surface area (Å²) in [7, 11) is 0. The molecule has 1 rings (SSSR count). The minimum absolute atomic E-state index is 0.292. The predicted octanol–water partition coefficient (Wildman–Crippen LogP) is 1.44. The molecule has 0 spiro atoms. The van der Waals surface area contributed by atoms with Gasteiger partial charge in [0, 0.05) is 10.7 Å². The number of amides is 2. The number of aromatic nitrogens is 1. The second kappa shape index (κ2) is 4.70. The Morgan fingerprint density at radius 2 is 2.00 bits per heavy atom. The number of pyridine rings is 1. The maximum atomic E-state index is 12.0. The van der Waals surface area contributed by atoms with E-state index < -0.39 is 29.4 Å². The highest BCUT2D eigenvalue weighted by atomic mass is 79.9. The van der Waals surface area contributed by atoms with Crippen molar-refractivity contribution in [1.29, 1.82) is 0 Å². The van der Waals surface area contributed by atoms with Crippen LogP contribution in [0, 0.1) is 0 Å². The van der Waals surface area contributed by atoms with Crippen LogP contribution in [0.25, 0.3) is 0 Å². The zero-order valence-electron chi connectivity index (χ0n) is 8.01. The topological polar surface area (TPSA) is 85.1 Å². The van der Waals surface area contributed by atoms with Crippen molar-refractivity contribution in [3.8, 4) is 0 Å². The van der Waals surface area contributed by atoms with Gasteiger partial charge in [-0.1, -0.05) is 0 Å². The van der Waals surface area contributed by atoms with Crippen molar-refractivity contribution in [3.05, 3.63) is 22.4 Å². The largest absolute Gasteiger partial charge is 0.471 e. The van der Waals surface area contributed by atoms with Crippen LogP contribution in [-0.2, 0) is 4.79 Å². The van der Waals surface area contributed by atoms with E-state index in [4.69, 9.17) is 5.73 Å². The van der Waals surface area contributed by atoms with Gasteiger partial charge < -0.3 is 11.1 Å². The summed E-state index contributed by atoms with van der Waals surface area (Å²) in [6.07, 6.45) is -3.89. The van der Waals surface area contributed by atoms with Crippen molar-refractivity contribution in [1.82, 2.24) is 4.98 Å². The summed E-state index contributed by atoms with van der Waals surface area (Å²) in [6.45, 7) is 0. The van der Waals surface area contributed by atoms with E-state index in [0.717, 1.165) is 6.07 Å². The number of hydrogen-bond donors (Lipinski definition) is 2. The lowest BCUT2D eigenvalue weighted by molar-refractivity contribution is -0.167. The van der Waals surface area contributed by atoms with Gasteiger partial charge in [0.15, 0.2) is 5.69 Å². The summed E-state index contributed by atoms with van der Waals surface area (Å²) in [5.74, 6) is -3.25. The molecule has 0 aliphatic rings. The molecule has 0 radical (unpaired) electrons. The molecule has 0 aliphatic carbocycles. The number of carbonyl (C=O) groups is 2. The van der Waals surface area contributed by atoms with Crippen LogP contribution in [0.1, 0.15) is 10.5 Å². The summed E-state index contributed by atoms with van der Waals surface area (Å²) in [4.78, 5) is 25.1. The molecule has 0 bridgehead atoms. The Kier molecular flexibility index (Phi) is 3.71. The van der Waals surface area contributed by atoms with Crippen LogP contribution in [0.4, 0.5) is 18.9 Å². The second-order valence-electron chi connectivity index (χ2n) is 2.87. The first-order valence-corrected chi connectivity index (χ1v) is 4.84. The highest BCUT2D eigenvalue weighted by Gasteiger charge is 2.39. The Bertz CT molecular complexity index is 476.